The van der Waals surface area contributed by atoms with Crippen LogP contribution in [0.25, 0.3) is 28.0 Å². The molecule has 9 nitrogen and oxygen atoms in total. The van der Waals surface area contributed by atoms with Crippen molar-refractivity contribution in [2.75, 3.05) is 12.3 Å². The number of aromatic nitrogens is 5. The molecule has 1 aliphatic rings. The first-order valence-electron chi connectivity index (χ1n) is 9.77. The lowest BCUT2D eigenvalue weighted by molar-refractivity contribution is 0.0931. The Kier molecular flexibility index (Phi) is 4.44. The number of ether oxygens (including phenoxy) is 1. The number of nitrogens with one attached hydrogen (secondary N) is 1. The second-order valence-electron chi connectivity index (χ2n) is 7.26. The minimum atomic E-state index is -0.365. The lowest BCUT2D eigenvalue weighted by Gasteiger charge is -2.11. The van der Waals surface area contributed by atoms with Gasteiger partial charge in [0.05, 0.1) is 23.9 Å². The van der Waals surface area contributed by atoms with Gasteiger partial charge in [0.1, 0.15) is 0 Å². The van der Waals surface area contributed by atoms with Gasteiger partial charge >= 0.3 is 5.69 Å². The summed E-state index contributed by atoms with van der Waals surface area (Å²) in [6, 6.07) is 12.6. The van der Waals surface area contributed by atoms with Gasteiger partial charge in [-0.2, -0.15) is 0 Å². The molecule has 0 saturated carbocycles. The molecule has 0 amide bonds. The van der Waals surface area contributed by atoms with Gasteiger partial charge in [-0.3, -0.25) is 4.79 Å². The first-order chi connectivity index (χ1) is 14.6. The van der Waals surface area contributed by atoms with Gasteiger partial charge in [0.15, 0.2) is 5.65 Å². The molecule has 3 N–H and O–H groups in total. The highest BCUT2D eigenvalue weighted by Crippen LogP contribution is 2.33. The third kappa shape index (κ3) is 3.09. The van der Waals surface area contributed by atoms with Crippen LogP contribution in [0.3, 0.4) is 0 Å². The first kappa shape index (κ1) is 18.3. The first-order valence-corrected chi connectivity index (χ1v) is 9.77. The van der Waals surface area contributed by atoms with Gasteiger partial charge in [0, 0.05) is 30.0 Å². The average Bonchev–Trinajstić information content (AvgIpc) is 3.38. The number of aromatic amines is 1. The number of hydrogen-bond acceptors (Lipinski definition) is 6. The molecule has 4 heterocycles. The highest BCUT2D eigenvalue weighted by Gasteiger charge is 2.24. The predicted molar refractivity (Wildman–Crippen MR) is 112 cm³/mol. The molecule has 0 radical (unpaired) electrons. The van der Waals surface area contributed by atoms with E-state index in [1.54, 1.807) is 12.3 Å². The Morgan fingerprint density at radius 2 is 1.97 bits per heavy atom. The SMILES string of the molecule is Nc1nc(-c2ccccc2)c(-c2ccc(=O)[nH]c2)c2nn(CC3CCCO3)c(=O)n12. The quantitative estimate of drug-likeness (QED) is 0.534. The van der Waals surface area contributed by atoms with Crippen LogP contribution < -0.4 is 17.0 Å². The standard InChI is InChI=1S/C21H20N6O3/c22-20-24-18(13-5-2-1-3-6-13)17(14-8-9-16(28)23-11-14)19-25-26(21(29)27(19)20)12-15-7-4-10-30-15/h1-3,5-6,8-9,11,15H,4,7,10,12H2,(H2,22,24)(H,23,28). The van der Waals surface area contributed by atoms with Crippen LogP contribution in [0, 0.1) is 0 Å². The minimum absolute atomic E-state index is 0.0491. The van der Waals surface area contributed by atoms with Crippen LogP contribution >= 0.6 is 0 Å². The van der Waals surface area contributed by atoms with E-state index in [1.807, 2.05) is 30.3 Å². The molecule has 9 heteroatoms. The summed E-state index contributed by atoms with van der Waals surface area (Å²) in [4.78, 5) is 31.9. The molecular formula is C21H20N6O3. The molecule has 152 valence electrons. The lowest BCUT2D eigenvalue weighted by atomic mass is 10.0. The number of hydrogen-bond donors (Lipinski definition) is 2. The lowest BCUT2D eigenvalue weighted by Crippen LogP contribution is -2.28. The van der Waals surface area contributed by atoms with Crippen LogP contribution in [0.15, 0.2) is 58.3 Å². The highest BCUT2D eigenvalue weighted by molar-refractivity contribution is 5.90. The summed E-state index contributed by atoms with van der Waals surface area (Å²) in [5.41, 5.74) is 8.71. The van der Waals surface area contributed by atoms with Crippen molar-refractivity contribution in [2.24, 2.45) is 0 Å². The summed E-state index contributed by atoms with van der Waals surface area (Å²) in [6.07, 6.45) is 3.39. The van der Waals surface area contributed by atoms with Crippen LogP contribution in [0.4, 0.5) is 5.95 Å². The number of H-pyrrole nitrogens is 1. The fourth-order valence-corrected chi connectivity index (χ4v) is 3.84. The molecule has 30 heavy (non-hydrogen) atoms. The Labute approximate surface area is 170 Å². The Balaban J connectivity index is 1.79. The molecule has 0 aliphatic carbocycles. The third-order valence-electron chi connectivity index (χ3n) is 5.28. The van der Waals surface area contributed by atoms with Gasteiger partial charge in [-0.05, 0) is 18.9 Å². The van der Waals surface area contributed by atoms with Gasteiger partial charge in [-0.15, -0.1) is 5.10 Å². The van der Waals surface area contributed by atoms with Crippen LogP contribution in [0.1, 0.15) is 12.8 Å². The smallest absolute Gasteiger partial charge is 0.353 e. The molecule has 1 saturated heterocycles. The number of nitrogens with zero attached hydrogens (tertiary/aromatic N) is 4. The number of pyridine rings is 1. The molecule has 3 aromatic heterocycles. The maximum Gasteiger partial charge on any atom is 0.353 e. The summed E-state index contributed by atoms with van der Waals surface area (Å²) in [5.74, 6) is 0.0561. The molecule has 0 bridgehead atoms. The number of anilines is 1. The molecule has 1 fully saturated rings. The van der Waals surface area contributed by atoms with Crippen LogP contribution in [0.2, 0.25) is 0 Å². The predicted octanol–water partition coefficient (Wildman–Crippen LogP) is 1.67. The summed E-state index contributed by atoms with van der Waals surface area (Å²) in [6.45, 7) is 1.04. The number of benzene rings is 1. The van der Waals surface area contributed by atoms with E-state index in [0.717, 1.165) is 18.4 Å². The molecular weight excluding hydrogens is 384 g/mol. The molecule has 1 unspecified atom stereocenters. The van der Waals surface area contributed by atoms with E-state index < -0.39 is 0 Å². The van der Waals surface area contributed by atoms with Crippen molar-refractivity contribution < 1.29 is 4.74 Å². The Morgan fingerprint density at radius 3 is 2.67 bits per heavy atom. The average molecular weight is 404 g/mol. The van der Waals surface area contributed by atoms with Crippen molar-refractivity contribution in [3.63, 3.8) is 0 Å². The van der Waals surface area contributed by atoms with Gasteiger partial charge in [-0.25, -0.2) is 18.9 Å². The Hall–Kier alpha value is -3.72. The third-order valence-corrected chi connectivity index (χ3v) is 5.28. The molecule has 0 spiro atoms. The van der Waals surface area contributed by atoms with E-state index in [1.165, 1.54) is 15.1 Å². The Morgan fingerprint density at radius 1 is 1.13 bits per heavy atom. The molecule has 1 aromatic carbocycles. The van der Waals surface area contributed by atoms with Gasteiger partial charge in [0.2, 0.25) is 11.5 Å². The topological polar surface area (TPSA) is 120 Å². The molecule has 5 rings (SSSR count). The largest absolute Gasteiger partial charge is 0.376 e. The molecule has 4 aromatic rings. The summed E-state index contributed by atoms with van der Waals surface area (Å²) in [5, 5.41) is 4.60. The van der Waals surface area contributed by atoms with Crippen LogP contribution in [-0.4, -0.2) is 36.9 Å². The van der Waals surface area contributed by atoms with Gasteiger partial charge in [0.25, 0.3) is 0 Å². The number of nitrogen functional groups attached to an aromatic ring is 1. The summed E-state index contributed by atoms with van der Waals surface area (Å²) >= 11 is 0. The zero-order valence-corrected chi connectivity index (χ0v) is 16.1. The van der Waals surface area contributed by atoms with E-state index in [9.17, 15) is 9.59 Å². The van der Waals surface area contributed by atoms with Crippen molar-refractivity contribution in [1.82, 2.24) is 24.1 Å². The number of nitrogens with two attached hydrogens (primary N) is 1. The van der Waals surface area contributed by atoms with E-state index in [-0.39, 0.29) is 23.3 Å². The second-order valence-corrected chi connectivity index (χ2v) is 7.26. The zero-order chi connectivity index (χ0) is 20.7. The van der Waals surface area contributed by atoms with E-state index >= 15 is 0 Å². The normalized spacial score (nSPS) is 16.3. The molecule has 1 atom stereocenters. The van der Waals surface area contributed by atoms with Crippen LogP contribution in [-0.2, 0) is 11.3 Å². The van der Waals surface area contributed by atoms with Gasteiger partial charge in [-0.1, -0.05) is 30.3 Å². The number of fused-ring (bicyclic) bond motifs is 1. The van der Waals surface area contributed by atoms with Crippen molar-refractivity contribution in [3.05, 3.63) is 69.5 Å². The summed E-state index contributed by atoms with van der Waals surface area (Å²) in [7, 11) is 0. The van der Waals surface area contributed by atoms with Crippen molar-refractivity contribution in [3.8, 4) is 22.4 Å². The highest BCUT2D eigenvalue weighted by atomic mass is 16.5. The Bertz CT molecular complexity index is 1310. The fraction of sp³-hybridized carbons (Fsp3) is 0.238. The second kappa shape index (κ2) is 7.27. The maximum absolute atomic E-state index is 13.1. The number of rotatable bonds is 4. The monoisotopic (exact) mass is 404 g/mol. The van der Waals surface area contributed by atoms with Crippen molar-refractivity contribution in [2.45, 2.75) is 25.5 Å². The molecule has 1 aliphatic heterocycles. The van der Waals surface area contributed by atoms with E-state index in [0.29, 0.717) is 35.6 Å². The van der Waals surface area contributed by atoms with Crippen molar-refractivity contribution >= 4 is 11.6 Å². The van der Waals surface area contributed by atoms with Gasteiger partial charge < -0.3 is 15.5 Å². The maximum atomic E-state index is 13.1. The van der Waals surface area contributed by atoms with Crippen molar-refractivity contribution in [1.29, 1.82) is 0 Å². The fourth-order valence-electron chi connectivity index (χ4n) is 3.84. The van der Waals surface area contributed by atoms with E-state index in [2.05, 4.69) is 15.1 Å². The van der Waals surface area contributed by atoms with E-state index in [4.69, 9.17) is 10.5 Å². The van der Waals surface area contributed by atoms with Crippen LogP contribution in [0.5, 0.6) is 0 Å². The summed E-state index contributed by atoms with van der Waals surface area (Å²) < 4.78 is 8.35. The minimum Gasteiger partial charge on any atom is -0.376 e. The zero-order valence-electron chi connectivity index (χ0n) is 16.1.